The van der Waals surface area contributed by atoms with Crippen LogP contribution in [0.5, 0.6) is 5.75 Å². The Balaban J connectivity index is 2.38. The van der Waals surface area contributed by atoms with Crippen molar-refractivity contribution in [2.45, 2.75) is 20.3 Å². The number of rotatable bonds is 2. The van der Waals surface area contributed by atoms with Crippen molar-refractivity contribution in [2.75, 3.05) is 7.11 Å². The number of hydrogen-bond acceptors (Lipinski definition) is 1. The lowest BCUT2D eigenvalue weighted by atomic mass is 9.95. The van der Waals surface area contributed by atoms with Crippen molar-refractivity contribution in [1.82, 2.24) is 0 Å². The van der Waals surface area contributed by atoms with Crippen LogP contribution in [0.25, 0.3) is 21.5 Å². The highest BCUT2D eigenvalue weighted by Gasteiger charge is 2.06. The summed E-state index contributed by atoms with van der Waals surface area (Å²) in [5.41, 5.74) is 2.83. The minimum absolute atomic E-state index is 0.911. The SMILES string of the molecule is CCc1ccc2c(ccc3cc(OC)ccc32)c1C. The Morgan fingerprint density at radius 3 is 2.37 bits per heavy atom. The highest BCUT2D eigenvalue weighted by Crippen LogP contribution is 2.31. The summed E-state index contributed by atoms with van der Waals surface area (Å²) in [6.45, 7) is 4.43. The first kappa shape index (κ1) is 12.0. The molecule has 3 rings (SSSR count). The zero-order valence-corrected chi connectivity index (χ0v) is 11.7. The molecule has 0 aliphatic rings. The molecule has 96 valence electrons. The van der Waals surface area contributed by atoms with Crippen LogP contribution >= 0.6 is 0 Å². The second-order valence-electron chi connectivity index (χ2n) is 4.95. The van der Waals surface area contributed by atoms with Crippen LogP contribution in [-0.2, 0) is 6.42 Å². The van der Waals surface area contributed by atoms with Gasteiger partial charge in [-0.25, -0.2) is 0 Å². The molecule has 0 saturated carbocycles. The molecule has 3 aromatic rings. The van der Waals surface area contributed by atoms with Crippen LogP contribution in [0.2, 0.25) is 0 Å². The van der Waals surface area contributed by atoms with Gasteiger partial charge in [0.1, 0.15) is 5.75 Å². The Labute approximate surface area is 113 Å². The van der Waals surface area contributed by atoms with Gasteiger partial charge in [0, 0.05) is 0 Å². The molecule has 0 unspecified atom stereocenters. The van der Waals surface area contributed by atoms with E-state index in [1.807, 2.05) is 6.07 Å². The van der Waals surface area contributed by atoms with Gasteiger partial charge in [-0.3, -0.25) is 0 Å². The van der Waals surface area contributed by atoms with Crippen molar-refractivity contribution in [3.05, 3.63) is 53.6 Å². The Hall–Kier alpha value is -2.02. The molecule has 0 atom stereocenters. The summed E-state index contributed by atoms with van der Waals surface area (Å²) in [5, 5.41) is 5.21. The second kappa shape index (κ2) is 4.58. The van der Waals surface area contributed by atoms with Crippen molar-refractivity contribution >= 4 is 21.5 Å². The van der Waals surface area contributed by atoms with Crippen LogP contribution in [0.1, 0.15) is 18.1 Å². The van der Waals surface area contributed by atoms with Crippen LogP contribution in [-0.4, -0.2) is 7.11 Å². The molecule has 1 nitrogen and oxygen atoms in total. The van der Waals surface area contributed by atoms with E-state index in [1.165, 1.54) is 32.7 Å². The van der Waals surface area contributed by atoms with Crippen molar-refractivity contribution in [3.63, 3.8) is 0 Å². The zero-order chi connectivity index (χ0) is 13.4. The van der Waals surface area contributed by atoms with Crippen LogP contribution in [0.15, 0.2) is 42.5 Å². The number of ether oxygens (including phenoxy) is 1. The molecule has 0 bridgehead atoms. The monoisotopic (exact) mass is 250 g/mol. The third kappa shape index (κ3) is 1.86. The van der Waals surface area contributed by atoms with E-state index in [-0.39, 0.29) is 0 Å². The summed E-state index contributed by atoms with van der Waals surface area (Å²) in [4.78, 5) is 0. The van der Waals surface area contributed by atoms with Gasteiger partial charge in [0.2, 0.25) is 0 Å². The van der Waals surface area contributed by atoms with Gasteiger partial charge in [0.15, 0.2) is 0 Å². The Bertz CT molecular complexity index is 756. The Morgan fingerprint density at radius 1 is 0.895 bits per heavy atom. The van der Waals surface area contributed by atoms with E-state index in [1.54, 1.807) is 7.11 Å². The first-order valence-electron chi connectivity index (χ1n) is 6.73. The van der Waals surface area contributed by atoms with Crippen LogP contribution < -0.4 is 4.74 Å². The fourth-order valence-corrected chi connectivity index (χ4v) is 2.83. The van der Waals surface area contributed by atoms with Crippen LogP contribution in [0, 0.1) is 6.92 Å². The van der Waals surface area contributed by atoms with E-state index >= 15 is 0 Å². The molecule has 0 fully saturated rings. The first-order chi connectivity index (χ1) is 9.24. The molecule has 0 aromatic heterocycles. The number of aryl methyl sites for hydroxylation is 2. The Kier molecular flexibility index (Phi) is 2.90. The molecular weight excluding hydrogens is 232 g/mol. The number of hydrogen-bond donors (Lipinski definition) is 0. The predicted molar refractivity (Wildman–Crippen MR) is 82.1 cm³/mol. The maximum atomic E-state index is 5.29. The molecular formula is C18H18O. The molecule has 0 amide bonds. The quantitative estimate of drug-likeness (QED) is 0.589. The molecule has 0 N–H and O–H groups in total. The average Bonchev–Trinajstić information content (AvgIpc) is 2.46. The number of methoxy groups -OCH3 is 1. The highest BCUT2D eigenvalue weighted by atomic mass is 16.5. The van der Waals surface area contributed by atoms with Gasteiger partial charge in [-0.15, -0.1) is 0 Å². The van der Waals surface area contributed by atoms with Crippen LogP contribution in [0.4, 0.5) is 0 Å². The molecule has 0 radical (unpaired) electrons. The minimum atomic E-state index is 0.911. The van der Waals surface area contributed by atoms with Crippen molar-refractivity contribution in [2.24, 2.45) is 0 Å². The van der Waals surface area contributed by atoms with E-state index in [0.29, 0.717) is 0 Å². The fraction of sp³-hybridized carbons (Fsp3) is 0.222. The topological polar surface area (TPSA) is 9.23 Å². The average molecular weight is 250 g/mol. The minimum Gasteiger partial charge on any atom is -0.497 e. The lowest BCUT2D eigenvalue weighted by Crippen LogP contribution is -1.89. The lowest BCUT2D eigenvalue weighted by molar-refractivity contribution is 0.415. The smallest absolute Gasteiger partial charge is 0.119 e. The molecule has 0 saturated heterocycles. The summed E-state index contributed by atoms with van der Waals surface area (Å²) < 4.78 is 5.29. The molecule has 0 aliphatic carbocycles. The first-order valence-corrected chi connectivity index (χ1v) is 6.73. The van der Waals surface area contributed by atoms with E-state index in [9.17, 15) is 0 Å². The number of fused-ring (bicyclic) bond motifs is 3. The van der Waals surface area contributed by atoms with Crippen LogP contribution in [0.3, 0.4) is 0 Å². The standard InChI is InChI=1S/C18H18O/c1-4-13-5-9-18-16(12(13)2)8-6-14-11-15(19-3)7-10-17(14)18/h5-11H,4H2,1-3H3. The zero-order valence-electron chi connectivity index (χ0n) is 11.7. The third-order valence-corrected chi connectivity index (χ3v) is 3.99. The third-order valence-electron chi connectivity index (χ3n) is 3.99. The molecule has 0 aliphatic heterocycles. The fourth-order valence-electron chi connectivity index (χ4n) is 2.83. The molecule has 0 heterocycles. The van der Waals surface area contributed by atoms with Gasteiger partial charge in [0.25, 0.3) is 0 Å². The highest BCUT2D eigenvalue weighted by molar-refractivity contribution is 6.09. The van der Waals surface area contributed by atoms with Crippen molar-refractivity contribution < 1.29 is 4.74 Å². The van der Waals surface area contributed by atoms with E-state index < -0.39 is 0 Å². The summed E-state index contributed by atoms with van der Waals surface area (Å²) in [7, 11) is 1.71. The maximum Gasteiger partial charge on any atom is 0.119 e. The second-order valence-corrected chi connectivity index (χ2v) is 4.95. The summed E-state index contributed by atoms with van der Waals surface area (Å²) >= 11 is 0. The normalized spacial score (nSPS) is 11.1. The molecule has 19 heavy (non-hydrogen) atoms. The van der Waals surface area contributed by atoms with E-state index in [0.717, 1.165) is 12.2 Å². The number of benzene rings is 3. The van der Waals surface area contributed by atoms with Gasteiger partial charge < -0.3 is 4.74 Å². The van der Waals surface area contributed by atoms with Gasteiger partial charge >= 0.3 is 0 Å². The van der Waals surface area contributed by atoms with Gasteiger partial charge in [-0.1, -0.05) is 37.3 Å². The van der Waals surface area contributed by atoms with Gasteiger partial charge in [0.05, 0.1) is 7.11 Å². The largest absolute Gasteiger partial charge is 0.497 e. The van der Waals surface area contributed by atoms with Gasteiger partial charge in [-0.2, -0.15) is 0 Å². The predicted octanol–water partition coefficient (Wildman–Crippen LogP) is 4.87. The van der Waals surface area contributed by atoms with Crippen molar-refractivity contribution in [1.29, 1.82) is 0 Å². The summed E-state index contributed by atoms with van der Waals surface area (Å²) in [6, 6.07) is 15.2. The Morgan fingerprint density at radius 2 is 1.63 bits per heavy atom. The lowest BCUT2D eigenvalue weighted by Gasteiger charge is -2.11. The maximum absolute atomic E-state index is 5.29. The molecule has 3 aromatic carbocycles. The molecule has 0 spiro atoms. The summed E-state index contributed by atoms with van der Waals surface area (Å²) in [5.74, 6) is 0.911. The summed E-state index contributed by atoms with van der Waals surface area (Å²) in [6.07, 6.45) is 1.09. The van der Waals surface area contributed by atoms with Crippen molar-refractivity contribution in [3.8, 4) is 5.75 Å². The van der Waals surface area contributed by atoms with E-state index in [4.69, 9.17) is 4.74 Å². The van der Waals surface area contributed by atoms with Gasteiger partial charge in [-0.05, 0) is 58.1 Å². The van der Waals surface area contributed by atoms with E-state index in [2.05, 4.69) is 50.2 Å². The molecule has 1 heteroatoms.